The minimum atomic E-state index is -3.90. The Kier molecular flexibility index (Phi) is 9.27. The number of carboxylic acid groups (broad SMARTS) is 1. The number of aliphatic imine (C=N–C) groups is 1. The molecule has 0 aromatic heterocycles. The van der Waals surface area contributed by atoms with E-state index in [1.165, 1.54) is 12.4 Å². The van der Waals surface area contributed by atoms with E-state index in [1.807, 2.05) is 20.8 Å². The summed E-state index contributed by atoms with van der Waals surface area (Å²) in [6.07, 6.45) is 2.78. The van der Waals surface area contributed by atoms with Crippen molar-refractivity contribution in [1.29, 1.82) is 0 Å². The van der Waals surface area contributed by atoms with Crippen LogP contribution in [0.3, 0.4) is 0 Å². The Morgan fingerprint density at radius 2 is 1.94 bits per heavy atom. The molecule has 0 aliphatic carbocycles. The second kappa shape index (κ2) is 11.5. The normalized spacial score (nSPS) is 15.2. The summed E-state index contributed by atoms with van der Waals surface area (Å²) in [6.45, 7) is 12.9. The van der Waals surface area contributed by atoms with Crippen LogP contribution in [0.1, 0.15) is 48.9 Å². The van der Waals surface area contributed by atoms with Crippen LogP contribution in [0, 0.1) is 20.8 Å². The van der Waals surface area contributed by atoms with Crippen molar-refractivity contribution in [2.45, 2.75) is 70.4 Å². The zero-order valence-corrected chi connectivity index (χ0v) is 21.5. The van der Waals surface area contributed by atoms with Gasteiger partial charge in [-0.1, -0.05) is 12.7 Å². The number of hydrogen-bond acceptors (Lipinski definition) is 7. The molecule has 1 atom stereocenters. The predicted octanol–water partition coefficient (Wildman–Crippen LogP) is 2.28. The molecule has 12 heteroatoms. The lowest BCUT2D eigenvalue weighted by Crippen LogP contribution is -2.41. The van der Waals surface area contributed by atoms with Gasteiger partial charge in [-0.3, -0.25) is 10.4 Å². The van der Waals surface area contributed by atoms with Crippen LogP contribution >= 0.6 is 0 Å². The highest BCUT2D eigenvalue weighted by Crippen LogP contribution is 2.43. The van der Waals surface area contributed by atoms with Gasteiger partial charge in [-0.05, 0) is 64.2 Å². The second-order valence-electron chi connectivity index (χ2n) is 8.90. The Bertz CT molecular complexity index is 1110. The van der Waals surface area contributed by atoms with Gasteiger partial charge in [0, 0.05) is 18.5 Å². The van der Waals surface area contributed by atoms with Gasteiger partial charge in [0.15, 0.2) is 0 Å². The summed E-state index contributed by atoms with van der Waals surface area (Å²) in [4.78, 5) is 29.3. The van der Waals surface area contributed by atoms with E-state index in [0.717, 1.165) is 16.9 Å². The molecule has 0 radical (unpaired) electrons. The fourth-order valence-corrected chi connectivity index (χ4v) is 5.27. The molecule has 11 nitrogen and oxygen atoms in total. The maximum Gasteiger partial charge on any atom is 0.408 e. The SMILES string of the molecule is C=CCOC(=O)N[C@@H](CCCN=CNNS(=O)(=O)c1c(C)c(C)c2c(c1C)CC(C)(C)O2)C(=O)O. The van der Waals surface area contributed by atoms with Gasteiger partial charge in [0.1, 0.15) is 24.0 Å². The molecule has 1 aromatic rings. The fourth-order valence-electron chi connectivity index (χ4n) is 3.88. The lowest BCUT2D eigenvalue weighted by atomic mass is 9.94. The monoisotopic (exact) mass is 510 g/mol. The molecule has 2 rings (SSSR count). The number of ether oxygens (including phenoxy) is 2. The Balaban J connectivity index is 1.93. The summed E-state index contributed by atoms with van der Waals surface area (Å²) < 4.78 is 36.8. The number of nitrogens with zero attached hydrogens (tertiary/aromatic N) is 1. The van der Waals surface area contributed by atoms with Gasteiger partial charge in [0.2, 0.25) is 0 Å². The van der Waals surface area contributed by atoms with E-state index in [9.17, 15) is 23.1 Å². The Hall–Kier alpha value is -3.12. The second-order valence-corrected chi connectivity index (χ2v) is 10.5. The zero-order valence-electron chi connectivity index (χ0n) is 20.7. The summed E-state index contributed by atoms with van der Waals surface area (Å²) in [7, 11) is -3.90. The number of fused-ring (bicyclic) bond motifs is 1. The van der Waals surface area contributed by atoms with E-state index >= 15 is 0 Å². The lowest BCUT2D eigenvalue weighted by Gasteiger charge is -2.19. The van der Waals surface area contributed by atoms with Crippen molar-refractivity contribution in [3.63, 3.8) is 0 Å². The first-order valence-electron chi connectivity index (χ1n) is 11.1. The summed E-state index contributed by atoms with van der Waals surface area (Å²) in [5, 5.41) is 11.5. The van der Waals surface area contributed by atoms with Gasteiger partial charge >= 0.3 is 12.1 Å². The minimum Gasteiger partial charge on any atom is -0.487 e. The first-order chi connectivity index (χ1) is 16.3. The van der Waals surface area contributed by atoms with E-state index in [2.05, 4.69) is 27.1 Å². The highest BCUT2D eigenvalue weighted by atomic mass is 32.2. The third-order valence-corrected chi connectivity index (χ3v) is 7.15. The highest BCUT2D eigenvalue weighted by Gasteiger charge is 2.36. The zero-order chi connectivity index (χ0) is 26.4. The van der Waals surface area contributed by atoms with E-state index in [-0.39, 0.29) is 24.5 Å². The molecule has 0 saturated carbocycles. The molecule has 0 fully saturated rings. The molecule has 0 unspecified atom stereocenters. The number of nitrogens with one attached hydrogen (secondary N) is 3. The summed E-state index contributed by atoms with van der Waals surface area (Å²) in [6, 6.07) is -1.13. The molecule has 1 heterocycles. The van der Waals surface area contributed by atoms with Gasteiger partial charge in [-0.15, -0.1) is 4.83 Å². The Morgan fingerprint density at radius 3 is 2.57 bits per heavy atom. The van der Waals surface area contributed by atoms with Gasteiger partial charge < -0.3 is 19.9 Å². The lowest BCUT2D eigenvalue weighted by molar-refractivity contribution is -0.139. The quantitative estimate of drug-likeness (QED) is 0.110. The molecule has 1 amide bonds. The molecule has 1 aromatic carbocycles. The van der Waals surface area contributed by atoms with Crippen LogP contribution in [0.2, 0.25) is 0 Å². The molecule has 0 bridgehead atoms. The Morgan fingerprint density at radius 1 is 1.26 bits per heavy atom. The fraction of sp³-hybridized carbons (Fsp3) is 0.522. The van der Waals surface area contributed by atoms with E-state index < -0.39 is 33.7 Å². The smallest absolute Gasteiger partial charge is 0.408 e. The van der Waals surface area contributed by atoms with Crippen LogP contribution in [0.4, 0.5) is 4.79 Å². The van der Waals surface area contributed by atoms with E-state index in [4.69, 9.17) is 9.47 Å². The number of alkyl carbamates (subject to hydrolysis) is 1. The number of aliphatic carboxylic acids is 1. The molecular formula is C23H34N4O7S. The molecule has 194 valence electrons. The standard InChI is InChI=1S/C23H34N4O7S/c1-7-11-33-22(30)26-18(21(28)29)9-8-10-24-13-25-27-35(31,32)20-15(3)14(2)19-17(16(20)4)12-23(5,6)34-19/h7,13,18,27H,1,8-12H2,2-6H3,(H,24,25)(H,26,30)(H,28,29)/t18-/m0/s1. The summed E-state index contributed by atoms with van der Waals surface area (Å²) in [5.41, 5.74) is 5.02. The van der Waals surface area contributed by atoms with Crippen LogP contribution in [-0.4, -0.2) is 56.7 Å². The molecule has 35 heavy (non-hydrogen) atoms. The molecule has 0 saturated heterocycles. The van der Waals surface area contributed by atoms with Crippen molar-refractivity contribution in [3.05, 3.63) is 34.9 Å². The van der Waals surface area contributed by atoms with Gasteiger partial charge in [0.25, 0.3) is 10.0 Å². The van der Waals surface area contributed by atoms with Crippen molar-refractivity contribution >= 4 is 28.4 Å². The maximum atomic E-state index is 13.0. The largest absolute Gasteiger partial charge is 0.487 e. The van der Waals surface area contributed by atoms with Crippen molar-refractivity contribution in [2.75, 3.05) is 13.2 Å². The first kappa shape index (κ1) is 28.1. The van der Waals surface area contributed by atoms with Gasteiger partial charge in [-0.25, -0.2) is 18.0 Å². The summed E-state index contributed by atoms with van der Waals surface area (Å²) >= 11 is 0. The van der Waals surface area contributed by atoms with Crippen molar-refractivity contribution < 1.29 is 32.6 Å². The maximum absolute atomic E-state index is 13.0. The number of rotatable bonds is 12. The van der Waals surface area contributed by atoms with Crippen LogP contribution in [0.15, 0.2) is 22.5 Å². The van der Waals surface area contributed by atoms with Crippen LogP contribution < -0.4 is 20.3 Å². The molecule has 1 aliphatic heterocycles. The van der Waals surface area contributed by atoms with Crippen LogP contribution in [-0.2, 0) is 26.0 Å². The first-order valence-corrected chi connectivity index (χ1v) is 12.6. The van der Waals surface area contributed by atoms with Crippen molar-refractivity contribution in [3.8, 4) is 5.75 Å². The average molecular weight is 511 g/mol. The number of carbonyl (C=O) groups is 2. The molecule has 1 aliphatic rings. The van der Waals surface area contributed by atoms with Gasteiger partial charge in [0.05, 0.1) is 11.2 Å². The third-order valence-electron chi connectivity index (χ3n) is 5.61. The van der Waals surface area contributed by atoms with Gasteiger partial charge in [-0.2, -0.15) is 0 Å². The number of hydrazine groups is 1. The van der Waals surface area contributed by atoms with Crippen molar-refractivity contribution in [1.82, 2.24) is 15.6 Å². The predicted molar refractivity (Wildman–Crippen MR) is 131 cm³/mol. The number of hydrogen-bond donors (Lipinski definition) is 4. The molecular weight excluding hydrogens is 476 g/mol. The van der Waals surface area contributed by atoms with Crippen LogP contribution in [0.25, 0.3) is 0 Å². The minimum absolute atomic E-state index is 0.0279. The third kappa shape index (κ3) is 7.18. The van der Waals surface area contributed by atoms with E-state index in [0.29, 0.717) is 24.0 Å². The number of sulfonamides is 1. The number of amides is 1. The average Bonchev–Trinajstić information content (AvgIpc) is 3.10. The summed E-state index contributed by atoms with van der Waals surface area (Å²) in [5.74, 6) is -0.443. The van der Waals surface area contributed by atoms with Crippen LogP contribution in [0.5, 0.6) is 5.75 Å². The topological polar surface area (TPSA) is 155 Å². The van der Waals surface area contributed by atoms with Crippen molar-refractivity contribution in [2.24, 2.45) is 4.99 Å². The molecule has 0 spiro atoms. The number of carbonyl (C=O) groups excluding carboxylic acids is 1. The number of carboxylic acids is 1. The van der Waals surface area contributed by atoms with E-state index in [1.54, 1.807) is 13.8 Å². The Labute approximate surface area is 206 Å². The number of benzene rings is 1. The molecule has 4 N–H and O–H groups in total. The highest BCUT2D eigenvalue weighted by molar-refractivity contribution is 7.89.